The first-order valence-corrected chi connectivity index (χ1v) is 11.2. The van der Waals surface area contributed by atoms with Gasteiger partial charge < -0.3 is 5.32 Å². The molecule has 0 spiro atoms. The molecule has 0 unspecified atom stereocenters. The highest BCUT2D eigenvalue weighted by Crippen LogP contribution is 2.15. The molecule has 1 aromatic heterocycles. The Labute approximate surface area is 201 Å². The second-order valence-corrected chi connectivity index (χ2v) is 7.19. The van der Waals surface area contributed by atoms with Gasteiger partial charge in [-0.3, -0.25) is 9.67 Å². The molecule has 5 heteroatoms. The number of aryl methyl sites for hydroxylation is 2. The van der Waals surface area contributed by atoms with E-state index in [-0.39, 0.29) is 0 Å². The Morgan fingerprint density at radius 2 is 1.73 bits per heavy atom. The number of hydrogen-bond donors (Lipinski definition) is 1. The fourth-order valence-corrected chi connectivity index (χ4v) is 2.51. The van der Waals surface area contributed by atoms with Crippen LogP contribution in [0.2, 0.25) is 0 Å². The Bertz CT molecular complexity index is 944. The number of nitrogens with one attached hydrogen (secondary N) is 1. The van der Waals surface area contributed by atoms with Crippen molar-refractivity contribution >= 4 is 23.3 Å². The van der Waals surface area contributed by atoms with Gasteiger partial charge in [-0.25, -0.2) is 4.99 Å². The van der Waals surface area contributed by atoms with Crippen LogP contribution in [-0.2, 0) is 7.05 Å². The van der Waals surface area contributed by atoms with Crippen LogP contribution in [0.4, 0.5) is 5.69 Å². The van der Waals surface area contributed by atoms with Gasteiger partial charge in [-0.2, -0.15) is 5.10 Å². The summed E-state index contributed by atoms with van der Waals surface area (Å²) in [5.41, 5.74) is 5.78. The Balaban J connectivity index is 0.000000520. The number of allylic oxidation sites excluding steroid dienone is 4. The van der Waals surface area contributed by atoms with Crippen molar-refractivity contribution in [3.63, 3.8) is 0 Å². The van der Waals surface area contributed by atoms with E-state index in [2.05, 4.69) is 66.0 Å². The van der Waals surface area contributed by atoms with E-state index in [0.29, 0.717) is 0 Å². The number of aliphatic imine (C=N–C) groups is 2. The topological polar surface area (TPSA) is 54.6 Å². The van der Waals surface area contributed by atoms with Gasteiger partial charge in [0.1, 0.15) is 5.84 Å². The standard InChI is InChI=1S/C14H18N2.C9H14N2.C5H9N/c1-5-10-15-14(11(2)3)16-13-8-6-12(4)7-9-13;1-4-8(5-2)9-6-10-11(3)7-9;1-3-5-6-4-2/h5-10H,2H2,1,3-4H3,(H,15,16);4,6-7H,5H2,1-3H3;3-5H,1-2H3/b10-5-;8-4+;5-3-,6-4?. The summed E-state index contributed by atoms with van der Waals surface area (Å²) < 4.78 is 1.83. The van der Waals surface area contributed by atoms with Crippen LogP contribution < -0.4 is 5.32 Å². The van der Waals surface area contributed by atoms with Gasteiger partial charge in [-0.15, -0.1) is 0 Å². The monoisotopic (exact) mass is 447 g/mol. The summed E-state index contributed by atoms with van der Waals surface area (Å²) >= 11 is 0. The molecule has 0 amide bonds. The van der Waals surface area contributed by atoms with E-state index in [9.17, 15) is 0 Å². The van der Waals surface area contributed by atoms with Crippen LogP contribution in [0, 0.1) is 6.92 Å². The molecule has 33 heavy (non-hydrogen) atoms. The van der Waals surface area contributed by atoms with E-state index in [1.54, 1.807) is 18.6 Å². The average molecular weight is 448 g/mol. The molecule has 1 N–H and O–H groups in total. The van der Waals surface area contributed by atoms with E-state index >= 15 is 0 Å². The van der Waals surface area contributed by atoms with Gasteiger partial charge in [0, 0.05) is 43.1 Å². The van der Waals surface area contributed by atoms with E-state index < -0.39 is 0 Å². The third-order valence-corrected chi connectivity index (χ3v) is 4.26. The molecule has 0 aliphatic heterocycles. The molecule has 1 aromatic carbocycles. The number of amidine groups is 1. The lowest BCUT2D eigenvalue weighted by atomic mass is 10.1. The third kappa shape index (κ3) is 13.5. The maximum absolute atomic E-state index is 4.28. The van der Waals surface area contributed by atoms with E-state index in [1.165, 1.54) is 16.7 Å². The molecular weight excluding hydrogens is 406 g/mol. The molecule has 0 fully saturated rings. The first-order valence-electron chi connectivity index (χ1n) is 11.2. The first kappa shape index (κ1) is 29.5. The highest BCUT2D eigenvalue weighted by Gasteiger charge is 2.00. The summed E-state index contributed by atoms with van der Waals surface area (Å²) in [6, 6.07) is 8.19. The molecule has 0 bridgehead atoms. The van der Waals surface area contributed by atoms with Crippen LogP contribution in [-0.4, -0.2) is 21.8 Å². The second kappa shape index (κ2) is 18.1. The van der Waals surface area contributed by atoms with Gasteiger partial charge in [0.05, 0.1) is 6.20 Å². The van der Waals surface area contributed by atoms with Crippen LogP contribution in [0.25, 0.3) is 5.57 Å². The summed E-state index contributed by atoms with van der Waals surface area (Å²) in [4.78, 5) is 8.07. The predicted octanol–water partition coefficient (Wildman–Crippen LogP) is 7.76. The summed E-state index contributed by atoms with van der Waals surface area (Å²) in [6.07, 6.45) is 16.2. The minimum absolute atomic E-state index is 0.793. The van der Waals surface area contributed by atoms with Gasteiger partial charge in [0.2, 0.25) is 0 Å². The maximum atomic E-state index is 4.28. The molecule has 0 aliphatic carbocycles. The van der Waals surface area contributed by atoms with Gasteiger partial charge >= 0.3 is 0 Å². The summed E-state index contributed by atoms with van der Waals surface area (Å²) in [7, 11) is 1.94. The summed E-state index contributed by atoms with van der Waals surface area (Å²) in [5, 5.41) is 7.35. The van der Waals surface area contributed by atoms with Crippen molar-refractivity contribution in [2.45, 2.75) is 54.9 Å². The van der Waals surface area contributed by atoms with Crippen molar-refractivity contribution in [2.24, 2.45) is 17.0 Å². The predicted molar refractivity (Wildman–Crippen MR) is 148 cm³/mol. The fourth-order valence-electron chi connectivity index (χ4n) is 2.51. The summed E-state index contributed by atoms with van der Waals surface area (Å²) in [6.45, 7) is 17.9. The number of hydrogen-bond acceptors (Lipinski definition) is 3. The van der Waals surface area contributed by atoms with Gasteiger partial charge in [0.15, 0.2) is 0 Å². The highest BCUT2D eigenvalue weighted by molar-refractivity contribution is 6.07. The van der Waals surface area contributed by atoms with Crippen molar-refractivity contribution in [1.82, 2.24) is 9.78 Å². The molecule has 0 radical (unpaired) electrons. The molecule has 2 aromatic rings. The largest absolute Gasteiger partial charge is 0.340 e. The van der Waals surface area contributed by atoms with Crippen LogP contribution in [0.3, 0.4) is 0 Å². The Morgan fingerprint density at radius 3 is 2.12 bits per heavy atom. The molecule has 0 aliphatic rings. The van der Waals surface area contributed by atoms with E-state index in [4.69, 9.17) is 0 Å². The zero-order valence-corrected chi connectivity index (χ0v) is 21.6. The Kier molecular flexibility index (Phi) is 16.2. The molecule has 0 atom stereocenters. The van der Waals surface area contributed by atoms with Crippen molar-refractivity contribution in [2.75, 3.05) is 5.32 Å². The molecular formula is C28H41N5. The zero-order valence-electron chi connectivity index (χ0n) is 21.6. The number of nitrogens with zero attached hydrogens (tertiary/aromatic N) is 4. The van der Waals surface area contributed by atoms with Gasteiger partial charge in [0.25, 0.3) is 0 Å². The fraction of sp³-hybridized carbons (Fsp3) is 0.321. The molecule has 0 saturated carbocycles. The molecule has 0 saturated heterocycles. The van der Waals surface area contributed by atoms with Crippen molar-refractivity contribution < 1.29 is 0 Å². The van der Waals surface area contributed by atoms with Crippen LogP contribution in [0.5, 0.6) is 0 Å². The first-order chi connectivity index (χ1) is 15.8. The molecule has 5 nitrogen and oxygen atoms in total. The minimum Gasteiger partial charge on any atom is -0.340 e. The van der Waals surface area contributed by atoms with Crippen molar-refractivity contribution in [1.29, 1.82) is 0 Å². The van der Waals surface area contributed by atoms with Gasteiger partial charge in [-0.1, -0.05) is 49.4 Å². The molecule has 1 heterocycles. The van der Waals surface area contributed by atoms with Crippen LogP contribution in [0.15, 0.2) is 89.4 Å². The second-order valence-electron chi connectivity index (χ2n) is 7.19. The highest BCUT2D eigenvalue weighted by atomic mass is 15.2. The van der Waals surface area contributed by atoms with E-state index in [1.807, 2.05) is 76.1 Å². The van der Waals surface area contributed by atoms with Gasteiger partial charge in [-0.05, 0) is 71.2 Å². The lowest BCUT2D eigenvalue weighted by Gasteiger charge is -2.08. The number of aromatic nitrogens is 2. The number of benzene rings is 1. The quantitative estimate of drug-likeness (QED) is 0.363. The van der Waals surface area contributed by atoms with E-state index in [0.717, 1.165) is 23.5 Å². The van der Waals surface area contributed by atoms with Crippen molar-refractivity contribution in [3.05, 3.63) is 90.6 Å². The SMILES string of the molecule is C/C=C(\CC)c1cnn(C)c1.C=C(C)C(=N/C=C\C)Nc1ccc(C)cc1.CC=N/C=C\C. The van der Waals surface area contributed by atoms with Crippen LogP contribution in [0.1, 0.15) is 59.1 Å². The third-order valence-electron chi connectivity index (χ3n) is 4.26. The summed E-state index contributed by atoms with van der Waals surface area (Å²) in [5.74, 6) is 0.793. The number of rotatable bonds is 6. The average Bonchev–Trinajstić information content (AvgIpc) is 3.24. The van der Waals surface area contributed by atoms with Crippen LogP contribution >= 0.6 is 0 Å². The smallest absolute Gasteiger partial charge is 0.132 e. The van der Waals surface area contributed by atoms with Crippen molar-refractivity contribution in [3.8, 4) is 0 Å². The molecule has 178 valence electrons. The Morgan fingerprint density at radius 1 is 1.09 bits per heavy atom. The maximum Gasteiger partial charge on any atom is 0.132 e. The Hall–Kier alpha value is -3.47. The number of anilines is 1. The normalized spacial score (nSPS) is 11.9. The lowest BCUT2D eigenvalue weighted by Crippen LogP contribution is -2.12. The zero-order chi connectivity index (χ0) is 25.1. The lowest BCUT2D eigenvalue weighted by molar-refractivity contribution is 0.767. The minimum atomic E-state index is 0.793. The molecule has 2 rings (SSSR count).